The van der Waals surface area contributed by atoms with E-state index in [0.717, 1.165) is 36.1 Å². The number of hydrogen-bond acceptors (Lipinski definition) is 3. The van der Waals surface area contributed by atoms with Gasteiger partial charge in [-0.25, -0.2) is 0 Å². The van der Waals surface area contributed by atoms with Crippen molar-refractivity contribution in [3.63, 3.8) is 0 Å². The zero-order valence-corrected chi connectivity index (χ0v) is 16.7. The number of nitrogens with one attached hydrogen (secondary N) is 1. The minimum atomic E-state index is -0.415. The molecule has 4 rings (SSSR count). The largest absolute Gasteiger partial charge is 0.366 e. The van der Waals surface area contributed by atoms with Crippen molar-refractivity contribution in [2.75, 3.05) is 0 Å². The van der Waals surface area contributed by atoms with Gasteiger partial charge in [0.05, 0.1) is 11.6 Å². The molecule has 0 saturated carbocycles. The second-order valence-electron chi connectivity index (χ2n) is 7.22. The lowest BCUT2D eigenvalue weighted by Crippen LogP contribution is -2.28. The van der Waals surface area contributed by atoms with Gasteiger partial charge in [0.1, 0.15) is 0 Å². The summed E-state index contributed by atoms with van der Waals surface area (Å²) in [4.78, 5) is 11.4. The van der Waals surface area contributed by atoms with E-state index in [1.54, 1.807) is 6.07 Å². The van der Waals surface area contributed by atoms with E-state index < -0.39 is 5.91 Å². The molecule has 1 aliphatic carbocycles. The van der Waals surface area contributed by atoms with Crippen LogP contribution in [0.15, 0.2) is 66.7 Å². The fraction of sp³-hybridized carbons (Fsp3) is 0.167. The first kappa shape index (κ1) is 20.6. The zero-order valence-electron chi connectivity index (χ0n) is 15.9. The Bertz CT molecular complexity index is 1070. The molecule has 0 radical (unpaired) electrons. The third-order valence-corrected chi connectivity index (χ3v) is 5.30. The highest BCUT2D eigenvalue weighted by Crippen LogP contribution is 2.24. The first-order chi connectivity index (χ1) is 13.6. The van der Waals surface area contributed by atoms with Crippen molar-refractivity contribution >= 4 is 18.3 Å². The normalized spacial score (nSPS) is 14.5. The molecule has 0 spiro atoms. The molecule has 29 heavy (non-hydrogen) atoms. The van der Waals surface area contributed by atoms with Crippen molar-refractivity contribution in [1.82, 2.24) is 5.32 Å². The number of nitrogens with zero attached hydrogens (tertiary/aromatic N) is 1. The maximum absolute atomic E-state index is 11.4. The number of nitriles is 1. The third-order valence-electron chi connectivity index (χ3n) is 5.30. The van der Waals surface area contributed by atoms with E-state index in [4.69, 9.17) is 11.0 Å². The van der Waals surface area contributed by atoms with Crippen molar-refractivity contribution in [1.29, 1.82) is 5.26 Å². The van der Waals surface area contributed by atoms with Crippen molar-refractivity contribution in [2.24, 2.45) is 5.73 Å². The summed E-state index contributed by atoms with van der Waals surface area (Å²) in [5.74, 6) is -0.415. The van der Waals surface area contributed by atoms with E-state index in [1.165, 1.54) is 16.7 Å². The molecule has 1 atom stereocenters. The number of nitrogens with two attached hydrogens (primary N) is 1. The molecule has 3 aromatic rings. The summed E-state index contributed by atoms with van der Waals surface area (Å²) >= 11 is 0. The van der Waals surface area contributed by atoms with Gasteiger partial charge < -0.3 is 11.1 Å². The molecule has 1 aliphatic rings. The van der Waals surface area contributed by atoms with Crippen LogP contribution in [0.4, 0.5) is 0 Å². The van der Waals surface area contributed by atoms with Gasteiger partial charge in [0.15, 0.2) is 0 Å². The van der Waals surface area contributed by atoms with E-state index >= 15 is 0 Å². The van der Waals surface area contributed by atoms with Crippen LogP contribution in [0.1, 0.15) is 32.6 Å². The number of primary amides is 1. The topological polar surface area (TPSA) is 78.9 Å². The van der Waals surface area contributed by atoms with Crippen LogP contribution in [-0.2, 0) is 19.4 Å². The lowest BCUT2D eigenvalue weighted by Gasteiger charge is -2.12. The van der Waals surface area contributed by atoms with Crippen LogP contribution < -0.4 is 11.1 Å². The Hall–Kier alpha value is -3.13. The fourth-order valence-electron chi connectivity index (χ4n) is 3.76. The number of hydrogen-bond donors (Lipinski definition) is 2. The predicted octanol–water partition coefficient (Wildman–Crippen LogP) is 4.00. The Morgan fingerprint density at radius 2 is 1.76 bits per heavy atom. The van der Waals surface area contributed by atoms with Crippen LogP contribution >= 0.6 is 12.4 Å². The first-order valence-corrected chi connectivity index (χ1v) is 9.37. The van der Waals surface area contributed by atoms with Crippen molar-refractivity contribution in [2.45, 2.75) is 25.4 Å². The van der Waals surface area contributed by atoms with Gasteiger partial charge in [-0.1, -0.05) is 42.5 Å². The number of fused-ring (bicyclic) bond motifs is 1. The predicted molar refractivity (Wildman–Crippen MR) is 117 cm³/mol. The maximum Gasteiger partial charge on any atom is 0.248 e. The molecule has 1 unspecified atom stereocenters. The van der Waals surface area contributed by atoms with E-state index in [0.29, 0.717) is 11.6 Å². The zero-order chi connectivity index (χ0) is 19.5. The van der Waals surface area contributed by atoms with Gasteiger partial charge in [0, 0.05) is 18.2 Å². The van der Waals surface area contributed by atoms with Gasteiger partial charge in [-0.05, 0) is 64.9 Å². The van der Waals surface area contributed by atoms with Gasteiger partial charge in [-0.3, -0.25) is 4.79 Å². The molecule has 0 saturated heterocycles. The van der Waals surface area contributed by atoms with Crippen molar-refractivity contribution in [3.8, 4) is 17.2 Å². The van der Waals surface area contributed by atoms with Crippen LogP contribution in [0.3, 0.4) is 0 Å². The molecular formula is C24H22ClN3O. The smallest absolute Gasteiger partial charge is 0.248 e. The van der Waals surface area contributed by atoms with Crippen molar-refractivity contribution < 1.29 is 4.79 Å². The summed E-state index contributed by atoms with van der Waals surface area (Å²) in [7, 11) is 0. The Balaban J connectivity index is 0.00000240. The van der Waals surface area contributed by atoms with Gasteiger partial charge in [-0.15, -0.1) is 12.4 Å². The number of halogens is 1. The average molecular weight is 404 g/mol. The Kier molecular flexibility index (Phi) is 6.33. The Morgan fingerprint density at radius 1 is 1.00 bits per heavy atom. The molecule has 4 nitrogen and oxygen atoms in total. The fourth-order valence-corrected chi connectivity index (χ4v) is 3.76. The second kappa shape index (κ2) is 8.91. The Morgan fingerprint density at radius 3 is 2.48 bits per heavy atom. The quantitative estimate of drug-likeness (QED) is 0.675. The molecule has 3 N–H and O–H groups in total. The molecule has 1 amide bonds. The molecule has 0 heterocycles. The highest BCUT2D eigenvalue weighted by Gasteiger charge is 2.21. The number of carbonyl (C=O) groups excluding carboxylic acids is 1. The summed E-state index contributed by atoms with van der Waals surface area (Å²) in [6.45, 7) is 0.797. The molecular weight excluding hydrogens is 382 g/mol. The number of carbonyl (C=O) groups is 1. The van der Waals surface area contributed by atoms with E-state index in [-0.39, 0.29) is 12.4 Å². The molecule has 0 aliphatic heterocycles. The first-order valence-electron chi connectivity index (χ1n) is 9.37. The van der Waals surface area contributed by atoms with Crippen LogP contribution in [0.5, 0.6) is 0 Å². The third kappa shape index (κ3) is 4.65. The van der Waals surface area contributed by atoms with Crippen LogP contribution in [0.2, 0.25) is 0 Å². The van der Waals surface area contributed by atoms with Crippen LogP contribution in [0.25, 0.3) is 11.1 Å². The number of rotatable bonds is 5. The lowest BCUT2D eigenvalue weighted by molar-refractivity contribution is 0.100. The van der Waals surface area contributed by atoms with Gasteiger partial charge in [0.25, 0.3) is 0 Å². The number of benzene rings is 3. The molecule has 0 fully saturated rings. The molecule has 146 valence electrons. The number of amides is 1. The highest BCUT2D eigenvalue weighted by atomic mass is 35.5. The van der Waals surface area contributed by atoms with Crippen LogP contribution in [0, 0.1) is 11.3 Å². The van der Waals surface area contributed by atoms with E-state index in [1.807, 2.05) is 30.3 Å². The van der Waals surface area contributed by atoms with Gasteiger partial charge in [0.2, 0.25) is 5.91 Å². The summed E-state index contributed by atoms with van der Waals surface area (Å²) in [6, 6.07) is 24.3. The van der Waals surface area contributed by atoms with E-state index in [9.17, 15) is 4.79 Å². The monoisotopic (exact) mass is 403 g/mol. The molecule has 0 bridgehead atoms. The summed E-state index contributed by atoms with van der Waals surface area (Å²) in [5.41, 5.74) is 12.5. The Labute approximate surface area is 176 Å². The molecule has 5 heteroatoms. The van der Waals surface area contributed by atoms with E-state index in [2.05, 4.69) is 41.7 Å². The van der Waals surface area contributed by atoms with Crippen LogP contribution in [-0.4, -0.2) is 11.9 Å². The summed E-state index contributed by atoms with van der Waals surface area (Å²) < 4.78 is 0. The minimum Gasteiger partial charge on any atom is -0.366 e. The summed E-state index contributed by atoms with van der Waals surface area (Å²) in [6.07, 6.45) is 1.96. The second-order valence-corrected chi connectivity index (χ2v) is 7.22. The van der Waals surface area contributed by atoms with Gasteiger partial charge in [-0.2, -0.15) is 5.26 Å². The standard InChI is InChI=1S/C24H21N3O.ClH/c25-14-17-6-9-20-12-23(13-22(20)10-17)27-15-16-4-7-18(8-5-16)19-2-1-3-21(11-19)24(26)28;/h1-11,23,27H,12-13,15H2,(H2,26,28);1H. The molecule has 3 aromatic carbocycles. The SMILES string of the molecule is Cl.N#Cc1ccc2c(c1)CC(NCc1ccc(-c3cccc(C(N)=O)c3)cc1)C2. The highest BCUT2D eigenvalue weighted by molar-refractivity contribution is 5.94. The van der Waals surface area contributed by atoms with Crippen molar-refractivity contribution in [3.05, 3.63) is 94.5 Å². The lowest BCUT2D eigenvalue weighted by atomic mass is 10.0. The maximum atomic E-state index is 11.4. The summed E-state index contributed by atoms with van der Waals surface area (Å²) in [5, 5.41) is 12.7. The minimum absolute atomic E-state index is 0. The molecule has 0 aromatic heterocycles. The average Bonchev–Trinajstić information content (AvgIpc) is 3.14. The van der Waals surface area contributed by atoms with Gasteiger partial charge >= 0.3 is 0 Å².